The Morgan fingerprint density at radius 3 is 2.45 bits per heavy atom. The summed E-state index contributed by atoms with van der Waals surface area (Å²) >= 11 is 0. The van der Waals surface area contributed by atoms with Crippen LogP contribution in [0.5, 0.6) is 0 Å². The van der Waals surface area contributed by atoms with E-state index in [4.69, 9.17) is 0 Å². The van der Waals surface area contributed by atoms with Crippen molar-refractivity contribution in [3.63, 3.8) is 0 Å². The highest BCUT2D eigenvalue weighted by Crippen LogP contribution is 2.31. The molecule has 0 saturated heterocycles. The SMILES string of the molecule is CNc1cc(NC(O)c2cccc(C(F)(F)F)c2)ccc1C. The Bertz CT molecular complexity index is 656. The van der Waals surface area contributed by atoms with E-state index in [9.17, 15) is 18.3 Å². The second-order valence-corrected chi connectivity index (χ2v) is 4.95. The van der Waals surface area contributed by atoms with Crippen LogP contribution in [0.3, 0.4) is 0 Å². The molecule has 0 saturated carbocycles. The zero-order valence-corrected chi connectivity index (χ0v) is 12.2. The quantitative estimate of drug-likeness (QED) is 0.743. The van der Waals surface area contributed by atoms with Crippen molar-refractivity contribution in [2.75, 3.05) is 17.7 Å². The molecule has 0 aliphatic carbocycles. The van der Waals surface area contributed by atoms with Crippen molar-refractivity contribution < 1.29 is 18.3 Å². The predicted octanol–water partition coefficient (Wildman–Crippen LogP) is 4.16. The maximum Gasteiger partial charge on any atom is 0.416 e. The number of anilines is 2. The third-order valence-electron chi connectivity index (χ3n) is 3.34. The first-order valence-electron chi connectivity index (χ1n) is 6.71. The first-order chi connectivity index (χ1) is 10.3. The predicted molar refractivity (Wildman–Crippen MR) is 80.8 cm³/mol. The van der Waals surface area contributed by atoms with Crippen molar-refractivity contribution in [1.82, 2.24) is 0 Å². The van der Waals surface area contributed by atoms with Crippen molar-refractivity contribution in [2.24, 2.45) is 0 Å². The molecule has 1 atom stereocenters. The van der Waals surface area contributed by atoms with Crippen LogP contribution < -0.4 is 10.6 Å². The van der Waals surface area contributed by atoms with Crippen LogP contribution in [-0.4, -0.2) is 12.2 Å². The summed E-state index contributed by atoms with van der Waals surface area (Å²) in [5.41, 5.74) is 1.88. The first-order valence-corrected chi connectivity index (χ1v) is 6.71. The van der Waals surface area contributed by atoms with Gasteiger partial charge in [0.05, 0.1) is 5.56 Å². The molecule has 6 heteroatoms. The van der Waals surface area contributed by atoms with Gasteiger partial charge in [0.2, 0.25) is 0 Å². The maximum absolute atomic E-state index is 12.7. The normalized spacial score (nSPS) is 12.8. The molecular weight excluding hydrogens is 293 g/mol. The topological polar surface area (TPSA) is 44.3 Å². The number of hydrogen-bond donors (Lipinski definition) is 3. The summed E-state index contributed by atoms with van der Waals surface area (Å²) in [4.78, 5) is 0. The van der Waals surface area contributed by atoms with Crippen LogP contribution in [0.4, 0.5) is 24.5 Å². The van der Waals surface area contributed by atoms with Crippen LogP contribution in [-0.2, 0) is 6.18 Å². The molecule has 0 amide bonds. The van der Waals surface area contributed by atoms with E-state index in [2.05, 4.69) is 10.6 Å². The van der Waals surface area contributed by atoms with Gasteiger partial charge in [0, 0.05) is 24.0 Å². The Labute approximate surface area is 126 Å². The van der Waals surface area contributed by atoms with Crippen LogP contribution in [0, 0.1) is 6.92 Å². The number of benzene rings is 2. The minimum Gasteiger partial charge on any atom is -0.388 e. The highest BCUT2D eigenvalue weighted by atomic mass is 19.4. The Morgan fingerprint density at radius 1 is 1.09 bits per heavy atom. The Kier molecular flexibility index (Phi) is 4.61. The van der Waals surface area contributed by atoms with E-state index in [1.807, 2.05) is 13.0 Å². The molecule has 0 aliphatic rings. The van der Waals surface area contributed by atoms with Gasteiger partial charge in [-0.3, -0.25) is 0 Å². The number of rotatable bonds is 4. The average Bonchev–Trinajstić information content (AvgIpc) is 2.48. The highest BCUT2D eigenvalue weighted by Gasteiger charge is 2.30. The lowest BCUT2D eigenvalue weighted by Crippen LogP contribution is -2.12. The van der Waals surface area contributed by atoms with Gasteiger partial charge >= 0.3 is 6.18 Å². The number of aryl methyl sites for hydroxylation is 1. The van der Waals surface area contributed by atoms with Gasteiger partial charge in [-0.05, 0) is 36.8 Å². The molecule has 2 aromatic carbocycles. The lowest BCUT2D eigenvalue weighted by molar-refractivity contribution is -0.137. The highest BCUT2D eigenvalue weighted by molar-refractivity contribution is 5.61. The molecule has 118 valence electrons. The standard InChI is InChI=1S/C16H17F3N2O/c1-10-6-7-13(9-14(10)20-2)21-15(22)11-4-3-5-12(8-11)16(17,18)19/h3-9,15,20-22H,1-2H3. The van der Waals surface area contributed by atoms with Crippen LogP contribution in [0.25, 0.3) is 0 Å². The second kappa shape index (κ2) is 6.27. The lowest BCUT2D eigenvalue weighted by atomic mass is 10.1. The monoisotopic (exact) mass is 310 g/mol. The molecule has 2 aromatic rings. The summed E-state index contributed by atoms with van der Waals surface area (Å²) in [5, 5.41) is 15.9. The molecule has 1 unspecified atom stereocenters. The van der Waals surface area contributed by atoms with E-state index in [-0.39, 0.29) is 5.56 Å². The zero-order chi connectivity index (χ0) is 16.3. The summed E-state index contributed by atoms with van der Waals surface area (Å²) in [6.07, 6.45) is -5.66. The molecule has 0 spiro atoms. The number of halogens is 3. The minimum absolute atomic E-state index is 0.154. The Hall–Kier alpha value is -2.21. The van der Waals surface area contributed by atoms with Crippen LogP contribution in [0.2, 0.25) is 0 Å². The van der Waals surface area contributed by atoms with Crippen LogP contribution in [0.15, 0.2) is 42.5 Å². The summed E-state index contributed by atoms with van der Waals surface area (Å²) < 4.78 is 38.1. The number of aliphatic hydroxyl groups is 1. The summed E-state index contributed by atoms with van der Waals surface area (Å²) in [7, 11) is 1.77. The van der Waals surface area contributed by atoms with E-state index in [1.54, 1.807) is 19.2 Å². The molecule has 0 heterocycles. The van der Waals surface area contributed by atoms with E-state index in [0.717, 1.165) is 23.4 Å². The zero-order valence-electron chi connectivity index (χ0n) is 12.2. The van der Waals surface area contributed by atoms with E-state index in [1.165, 1.54) is 12.1 Å². The smallest absolute Gasteiger partial charge is 0.388 e. The molecule has 0 radical (unpaired) electrons. The molecule has 0 aliphatic heterocycles. The number of nitrogens with one attached hydrogen (secondary N) is 2. The van der Waals surface area contributed by atoms with Crippen LogP contribution in [0.1, 0.15) is 22.9 Å². The van der Waals surface area contributed by atoms with Gasteiger partial charge in [0.1, 0.15) is 0 Å². The molecule has 3 nitrogen and oxygen atoms in total. The maximum atomic E-state index is 12.7. The summed E-state index contributed by atoms with van der Waals surface area (Å²) in [6, 6.07) is 10.0. The van der Waals surface area contributed by atoms with Crippen molar-refractivity contribution in [3.8, 4) is 0 Å². The minimum atomic E-state index is -4.43. The van der Waals surface area contributed by atoms with E-state index in [0.29, 0.717) is 5.69 Å². The van der Waals surface area contributed by atoms with Gasteiger partial charge in [0.25, 0.3) is 0 Å². The fourth-order valence-electron chi connectivity index (χ4n) is 2.11. The molecule has 22 heavy (non-hydrogen) atoms. The van der Waals surface area contributed by atoms with Crippen molar-refractivity contribution in [1.29, 1.82) is 0 Å². The Morgan fingerprint density at radius 2 is 1.82 bits per heavy atom. The molecule has 0 bridgehead atoms. The lowest BCUT2D eigenvalue weighted by Gasteiger charge is -2.17. The van der Waals surface area contributed by atoms with Crippen molar-refractivity contribution in [2.45, 2.75) is 19.3 Å². The Balaban J connectivity index is 2.20. The molecular formula is C16H17F3N2O. The van der Waals surface area contributed by atoms with Crippen molar-refractivity contribution in [3.05, 3.63) is 59.2 Å². The largest absolute Gasteiger partial charge is 0.416 e. The second-order valence-electron chi connectivity index (χ2n) is 4.95. The van der Waals surface area contributed by atoms with Gasteiger partial charge in [-0.1, -0.05) is 18.2 Å². The number of hydrogen-bond acceptors (Lipinski definition) is 3. The summed E-state index contributed by atoms with van der Waals surface area (Å²) in [6.45, 7) is 1.93. The van der Waals surface area contributed by atoms with Gasteiger partial charge in [-0.2, -0.15) is 13.2 Å². The van der Waals surface area contributed by atoms with Gasteiger partial charge in [-0.15, -0.1) is 0 Å². The number of aliphatic hydroxyl groups excluding tert-OH is 1. The first kappa shape index (κ1) is 16.2. The fourth-order valence-corrected chi connectivity index (χ4v) is 2.11. The molecule has 0 aromatic heterocycles. The van der Waals surface area contributed by atoms with Crippen molar-refractivity contribution >= 4 is 11.4 Å². The molecule has 2 rings (SSSR count). The van der Waals surface area contributed by atoms with E-state index < -0.39 is 18.0 Å². The average molecular weight is 310 g/mol. The van der Waals surface area contributed by atoms with E-state index >= 15 is 0 Å². The molecule has 0 fully saturated rings. The number of alkyl halides is 3. The third-order valence-corrected chi connectivity index (χ3v) is 3.34. The third kappa shape index (κ3) is 3.71. The molecule has 3 N–H and O–H groups in total. The van der Waals surface area contributed by atoms with Gasteiger partial charge < -0.3 is 15.7 Å². The van der Waals surface area contributed by atoms with Gasteiger partial charge in [0.15, 0.2) is 6.23 Å². The fraction of sp³-hybridized carbons (Fsp3) is 0.250. The van der Waals surface area contributed by atoms with Crippen LogP contribution >= 0.6 is 0 Å². The summed E-state index contributed by atoms with van der Waals surface area (Å²) in [5.74, 6) is 0. The van der Waals surface area contributed by atoms with Gasteiger partial charge in [-0.25, -0.2) is 0 Å².